The van der Waals surface area contributed by atoms with Crippen LogP contribution in [0.25, 0.3) is 0 Å². The van der Waals surface area contributed by atoms with Crippen molar-refractivity contribution >= 4 is 21.8 Å². The number of benzene rings is 1. The Kier molecular flexibility index (Phi) is 6.80. The van der Waals surface area contributed by atoms with Crippen molar-refractivity contribution in [2.45, 2.75) is 50.0 Å². The third-order valence-electron chi connectivity index (χ3n) is 6.09. The number of piperazine rings is 1. The van der Waals surface area contributed by atoms with Gasteiger partial charge in [-0.3, -0.25) is 0 Å². The van der Waals surface area contributed by atoms with Gasteiger partial charge in [0, 0.05) is 44.0 Å². The van der Waals surface area contributed by atoms with Crippen molar-refractivity contribution in [3.05, 3.63) is 35.8 Å². The van der Waals surface area contributed by atoms with E-state index in [2.05, 4.69) is 15.2 Å². The van der Waals surface area contributed by atoms with Gasteiger partial charge in [0.2, 0.25) is 16.0 Å². The first-order chi connectivity index (χ1) is 15.4. The normalized spacial score (nSPS) is 18.5. The Labute approximate surface area is 188 Å². The number of methoxy groups -OCH3 is 1. The Morgan fingerprint density at radius 2 is 1.78 bits per heavy atom. The highest BCUT2D eigenvalue weighted by atomic mass is 32.2. The first-order valence-electron chi connectivity index (χ1n) is 11.1. The largest absolute Gasteiger partial charge is 0.495 e. The van der Waals surface area contributed by atoms with E-state index in [1.165, 1.54) is 42.8 Å². The van der Waals surface area contributed by atoms with Crippen LogP contribution in [0.2, 0.25) is 0 Å². The quantitative estimate of drug-likeness (QED) is 0.704. The van der Waals surface area contributed by atoms with Gasteiger partial charge in [0.05, 0.1) is 7.11 Å². The van der Waals surface area contributed by atoms with Gasteiger partial charge in [-0.05, 0) is 38.0 Å². The molecule has 32 heavy (non-hydrogen) atoms. The highest BCUT2D eigenvalue weighted by molar-refractivity contribution is 7.89. The summed E-state index contributed by atoms with van der Waals surface area (Å²) in [5, 5.41) is 3.47. The van der Waals surface area contributed by atoms with Gasteiger partial charge in [-0.2, -0.15) is 9.29 Å². The molecule has 2 heterocycles. The number of sulfonamides is 1. The molecule has 2 fully saturated rings. The van der Waals surface area contributed by atoms with Crippen LogP contribution >= 0.6 is 0 Å². The molecule has 4 rings (SSSR count). The molecule has 1 aromatic heterocycles. The lowest BCUT2D eigenvalue weighted by Gasteiger charge is -2.35. The van der Waals surface area contributed by atoms with Crippen molar-refractivity contribution in [2.24, 2.45) is 0 Å². The molecule has 8 nitrogen and oxygen atoms in total. The number of aryl methyl sites for hydroxylation is 1. The number of anilines is 2. The molecule has 2 aliphatic rings. The second-order valence-electron chi connectivity index (χ2n) is 8.36. The minimum absolute atomic E-state index is 0.138. The Balaban J connectivity index is 1.46. The minimum atomic E-state index is -3.87. The molecule has 1 N–H and O–H groups in total. The van der Waals surface area contributed by atoms with Crippen LogP contribution in [0.4, 0.5) is 16.2 Å². The van der Waals surface area contributed by atoms with E-state index in [9.17, 15) is 12.8 Å². The van der Waals surface area contributed by atoms with Crippen LogP contribution in [0.3, 0.4) is 0 Å². The molecule has 0 atom stereocenters. The smallest absolute Gasteiger partial charge is 0.246 e. The topological polar surface area (TPSA) is 87.7 Å². The average molecular weight is 464 g/mol. The zero-order chi connectivity index (χ0) is 22.7. The van der Waals surface area contributed by atoms with Gasteiger partial charge in [-0.25, -0.2) is 17.8 Å². The maximum Gasteiger partial charge on any atom is 0.246 e. The molecule has 1 aliphatic heterocycles. The van der Waals surface area contributed by atoms with Gasteiger partial charge >= 0.3 is 0 Å². The molecular formula is C22H30FN5O3S. The molecule has 10 heteroatoms. The first-order valence-corrected chi connectivity index (χ1v) is 12.5. The SMILES string of the molecule is COc1ccc(F)cc1S(=O)(=O)N1CCN(c2cc(C)nc(NC3CCCCC3)n2)CC1. The summed E-state index contributed by atoms with van der Waals surface area (Å²) in [5.74, 6) is 0.943. The zero-order valence-corrected chi connectivity index (χ0v) is 19.4. The van der Waals surface area contributed by atoms with E-state index in [1.54, 1.807) is 0 Å². The van der Waals surface area contributed by atoms with Crippen LogP contribution in [0.5, 0.6) is 5.75 Å². The number of nitrogens with one attached hydrogen (secondary N) is 1. The Morgan fingerprint density at radius 1 is 1.06 bits per heavy atom. The van der Waals surface area contributed by atoms with Crippen molar-refractivity contribution in [3.63, 3.8) is 0 Å². The molecule has 0 radical (unpaired) electrons. The fourth-order valence-corrected chi connectivity index (χ4v) is 5.95. The summed E-state index contributed by atoms with van der Waals surface area (Å²) in [7, 11) is -2.50. The van der Waals surface area contributed by atoms with Crippen LogP contribution < -0.4 is 15.0 Å². The van der Waals surface area contributed by atoms with E-state index in [-0.39, 0.29) is 23.7 Å². The maximum absolute atomic E-state index is 13.7. The van der Waals surface area contributed by atoms with Crippen molar-refractivity contribution < 1.29 is 17.5 Å². The van der Waals surface area contributed by atoms with Gasteiger partial charge in [-0.1, -0.05) is 19.3 Å². The van der Waals surface area contributed by atoms with Crippen molar-refractivity contribution in [2.75, 3.05) is 43.5 Å². The molecule has 0 bridgehead atoms. The standard InChI is InChI=1S/C22H30FN5O3S/c1-16-14-21(26-22(24-16)25-18-6-4-3-5-7-18)27-10-12-28(13-11-27)32(29,30)20-15-17(23)8-9-19(20)31-2/h8-9,14-15,18H,3-7,10-13H2,1-2H3,(H,24,25,26). The molecule has 1 saturated carbocycles. The van der Waals surface area contributed by atoms with Gasteiger partial charge < -0.3 is 15.0 Å². The molecule has 1 aliphatic carbocycles. The monoisotopic (exact) mass is 463 g/mol. The van der Waals surface area contributed by atoms with Gasteiger partial charge in [0.15, 0.2) is 0 Å². The van der Waals surface area contributed by atoms with E-state index < -0.39 is 15.8 Å². The van der Waals surface area contributed by atoms with Crippen LogP contribution in [-0.2, 0) is 10.0 Å². The summed E-state index contributed by atoms with van der Waals surface area (Å²) in [6, 6.07) is 5.86. The van der Waals surface area contributed by atoms with E-state index in [1.807, 2.05) is 13.0 Å². The first kappa shape index (κ1) is 22.7. The fourth-order valence-electron chi connectivity index (χ4n) is 4.36. The zero-order valence-electron chi connectivity index (χ0n) is 18.6. The number of hydrogen-bond donors (Lipinski definition) is 1. The molecule has 174 valence electrons. The Bertz CT molecular complexity index is 1050. The number of nitrogens with zero attached hydrogens (tertiary/aromatic N) is 4. The summed E-state index contributed by atoms with van der Waals surface area (Å²) in [4.78, 5) is 11.2. The average Bonchev–Trinajstić information content (AvgIpc) is 2.79. The summed E-state index contributed by atoms with van der Waals surface area (Å²) < 4.78 is 46.5. The van der Waals surface area contributed by atoms with E-state index in [0.717, 1.165) is 30.4 Å². The minimum Gasteiger partial charge on any atom is -0.495 e. The molecule has 1 saturated heterocycles. The third-order valence-corrected chi connectivity index (χ3v) is 8.01. The van der Waals surface area contributed by atoms with E-state index in [4.69, 9.17) is 9.72 Å². The maximum atomic E-state index is 13.7. The number of aromatic nitrogens is 2. The van der Waals surface area contributed by atoms with Crippen molar-refractivity contribution in [1.82, 2.24) is 14.3 Å². The Hall–Kier alpha value is -2.46. The van der Waals surface area contributed by atoms with Crippen LogP contribution in [0.1, 0.15) is 37.8 Å². The van der Waals surface area contributed by atoms with Crippen LogP contribution in [0, 0.1) is 12.7 Å². The second-order valence-corrected chi connectivity index (χ2v) is 10.3. The highest BCUT2D eigenvalue weighted by Gasteiger charge is 2.32. The van der Waals surface area contributed by atoms with Crippen LogP contribution in [0.15, 0.2) is 29.2 Å². The fraction of sp³-hybridized carbons (Fsp3) is 0.545. The third kappa shape index (κ3) is 4.96. The summed E-state index contributed by atoms with van der Waals surface area (Å²) in [6.45, 7) is 3.45. The Morgan fingerprint density at radius 3 is 2.47 bits per heavy atom. The van der Waals surface area contributed by atoms with Crippen LogP contribution in [-0.4, -0.2) is 62.0 Å². The molecular weight excluding hydrogens is 433 g/mol. The lowest BCUT2D eigenvalue weighted by Crippen LogP contribution is -2.49. The van der Waals surface area contributed by atoms with Crippen molar-refractivity contribution in [3.8, 4) is 5.75 Å². The molecule has 0 spiro atoms. The predicted octanol–water partition coefficient (Wildman–Crippen LogP) is 3.19. The number of rotatable bonds is 6. The van der Waals surface area contributed by atoms with Gasteiger partial charge in [0.25, 0.3) is 0 Å². The second kappa shape index (κ2) is 9.58. The van der Waals surface area contributed by atoms with Gasteiger partial charge in [0.1, 0.15) is 22.3 Å². The van der Waals surface area contributed by atoms with E-state index >= 15 is 0 Å². The molecule has 2 aromatic rings. The predicted molar refractivity (Wildman–Crippen MR) is 121 cm³/mol. The molecule has 0 amide bonds. The van der Waals surface area contributed by atoms with Crippen molar-refractivity contribution in [1.29, 1.82) is 0 Å². The number of halogens is 1. The summed E-state index contributed by atoms with van der Waals surface area (Å²) >= 11 is 0. The lowest BCUT2D eigenvalue weighted by atomic mass is 9.96. The summed E-state index contributed by atoms with van der Waals surface area (Å²) in [6.07, 6.45) is 6.00. The highest BCUT2D eigenvalue weighted by Crippen LogP contribution is 2.29. The number of hydrogen-bond acceptors (Lipinski definition) is 7. The number of ether oxygens (including phenoxy) is 1. The van der Waals surface area contributed by atoms with E-state index in [0.29, 0.717) is 25.1 Å². The molecule has 1 aromatic carbocycles. The molecule has 0 unspecified atom stereocenters. The summed E-state index contributed by atoms with van der Waals surface area (Å²) in [5.41, 5.74) is 0.868. The lowest BCUT2D eigenvalue weighted by molar-refractivity contribution is 0.372. The van der Waals surface area contributed by atoms with Gasteiger partial charge in [-0.15, -0.1) is 0 Å².